The van der Waals surface area contributed by atoms with Gasteiger partial charge < -0.3 is 4.74 Å². The van der Waals surface area contributed by atoms with Gasteiger partial charge in [0.15, 0.2) is 0 Å². The van der Waals surface area contributed by atoms with E-state index in [2.05, 4.69) is 0 Å². The van der Waals surface area contributed by atoms with Crippen molar-refractivity contribution in [2.24, 2.45) is 0 Å². The zero-order valence-corrected chi connectivity index (χ0v) is 12.7. The summed E-state index contributed by atoms with van der Waals surface area (Å²) in [7, 11) is 0. The average molecular weight is 396 g/mol. The van der Waals surface area contributed by atoms with Crippen LogP contribution in [0.5, 0.6) is 11.5 Å². The summed E-state index contributed by atoms with van der Waals surface area (Å²) in [5, 5.41) is 21.9. The quantitative estimate of drug-likeness (QED) is 0.395. The van der Waals surface area contributed by atoms with Gasteiger partial charge in [-0.15, -0.1) is 0 Å². The van der Waals surface area contributed by atoms with Gasteiger partial charge in [0.2, 0.25) is 11.5 Å². The number of benzene rings is 2. The summed E-state index contributed by atoms with van der Waals surface area (Å²) in [6, 6.07) is 2.23. The van der Waals surface area contributed by atoms with Gasteiger partial charge >= 0.3 is 23.7 Å². The molecule has 2 aromatic rings. The molecule has 0 atom stereocenters. The lowest BCUT2D eigenvalue weighted by atomic mass is 10.1. The molecule has 0 saturated heterocycles. The van der Waals surface area contributed by atoms with Gasteiger partial charge in [0.25, 0.3) is 0 Å². The van der Waals surface area contributed by atoms with Gasteiger partial charge in [0.05, 0.1) is 21.0 Å². The molecule has 0 bridgehead atoms. The number of nitro benzene ring substituents is 2. The Morgan fingerprint density at radius 3 is 1.30 bits per heavy atom. The minimum Gasteiger partial charge on any atom is -0.443 e. The first kappa shape index (κ1) is 19.9. The van der Waals surface area contributed by atoms with Crippen LogP contribution in [0.2, 0.25) is 0 Å². The summed E-state index contributed by atoms with van der Waals surface area (Å²) in [5.74, 6) is -1.62. The van der Waals surface area contributed by atoms with Crippen LogP contribution in [0.25, 0.3) is 0 Å². The molecule has 27 heavy (non-hydrogen) atoms. The number of halogens is 6. The van der Waals surface area contributed by atoms with Crippen LogP contribution < -0.4 is 4.74 Å². The van der Waals surface area contributed by atoms with E-state index < -0.39 is 56.2 Å². The standard InChI is InChI=1S/C14H6F6N2O5/c15-13(16,17)7-1-3-11(9(5-7)21(23)24)27-12-4-2-8(14(18,19)20)6-10(12)22(25)26/h1-6H. The van der Waals surface area contributed by atoms with Crippen LogP contribution in [0, 0.1) is 20.2 Å². The van der Waals surface area contributed by atoms with Crippen LogP contribution in [-0.4, -0.2) is 9.85 Å². The van der Waals surface area contributed by atoms with Gasteiger partial charge in [-0.3, -0.25) is 20.2 Å². The molecule has 0 aromatic heterocycles. The molecule has 0 aliphatic rings. The van der Waals surface area contributed by atoms with Crippen LogP contribution >= 0.6 is 0 Å². The second-order valence-corrected chi connectivity index (χ2v) is 4.98. The highest BCUT2D eigenvalue weighted by atomic mass is 19.4. The summed E-state index contributed by atoms with van der Waals surface area (Å²) in [5.41, 5.74) is -5.08. The van der Waals surface area contributed by atoms with Crippen molar-refractivity contribution in [3.63, 3.8) is 0 Å². The minimum absolute atomic E-state index is 0.144. The van der Waals surface area contributed by atoms with Gasteiger partial charge in [0.1, 0.15) is 0 Å². The Morgan fingerprint density at radius 1 is 0.704 bits per heavy atom. The van der Waals surface area contributed by atoms with Crippen LogP contribution in [0.15, 0.2) is 36.4 Å². The fourth-order valence-corrected chi connectivity index (χ4v) is 1.96. The lowest BCUT2D eigenvalue weighted by molar-refractivity contribution is -0.387. The van der Waals surface area contributed by atoms with E-state index in [1.807, 2.05) is 0 Å². The zero-order chi connectivity index (χ0) is 20.6. The monoisotopic (exact) mass is 396 g/mol. The third-order valence-electron chi connectivity index (χ3n) is 3.19. The van der Waals surface area contributed by atoms with Gasteiger partial charge in [-0.25, -0.2) is 0 Å². The molecule has 2 rings (SSSR count). The molecule has 0 heterocycles. The maximum atomic E-state index is 12.7. The second-order valence-electron chi connectivity index (χ2n) is 4.98. The Kier molecular flexibility index (Phi) is 4.97. The zero-order valence-electron chi connectivity index (χ0n) is 12.7. The third kappa shape index (κ3) is 4.43. The number of rotatable bonds is 4. The molecule has 0 aliphatic heterocycles. The number of hydrogen-bond acceptors (Lipinski definition) is 5. The van der Waals surface area contributed by atoms with Crippen LogP contribution in [0.1, 0.15) is 11.1 Å². The van der Waals surface area contributed by atoms with Gasteiger partial charge in [-0.2, -0.15) is 26.3 Å². The van der Waals surface area contributed by atoms with Crippen molar-refractivity contribution in [2.45, 2.75) is 12.4 Å². The summed E-state index contributed by atoms with van der Waals surface area (Å²) >= 11 is 0. The smallest absolute Gasteiger partial charge is 0.416 e. The maximum Gasteiger partial charge on any atom is 0.416 e. The molecule has 0 spiro atoms. The largest absolute Gasteiger partial charge is 0.443 e. The number of hydrogen-bond donors (Lipinski definition) is 0. The maximum absolute atomic E-state index is 12.7. The van der Waals surface area contributed by atoms with E-state index in [1.165, 1.54) is 0 Å². The molecule has 0 unspecified atom stereocenters. The molecule has 0 radical (unpaired) electrons. The highest BCUT2D eigenvalue weighted by Gasteiger charge is 2.35. The van der Waals surface area contributed by atoms with E-state index >= 15 is 0 Å². The molecule has 2 aromatic carbocycles. The Labute approximate surface area is 145 Å². The Bertz CT molecular complexity index is 836. The van der Waals surface area contributed by atoms with Gasteiger partial charge in [0, 0.05) is 12.1 Å². The first-order valence-corrected chi connectivity index (χ1v) is 6.70. The summed E-state index contributed by atoms with van der Waals surface area (Å²) in [4.78, 5) is 19.5. The lowest BCUT2D eigenvalue weighted by Gasteiger charge is -2.11. The van der Waals surface area contributed by atoms with E-state index in [9.17, 15) is 46.6 Å². The molecule has 0 fully saturated rings. The Hall–Kier alpha value is -3.38. The van der Waals surface area contributed by atoms with Crippen molar-refractivity contribution in [2.75, 3.05) is 0 Å². The highest BCUT2D eigenvalue weighted by molar-refractivity contribution is 5.56. The third-order valence-corrected chi connectivity index (χ3v) is 3.19. The number of ether oxygens (including phenoxy) is 1. The van der Waals surface area contributed by atoms with E-state index in [0.717, 1.165) is 0 Å². The minimum atomic E-state index is -4.90. The first-order valence-electron chi connectivity index (χ1n) is 6.70. The second kappa shape index (κ2) is 6.74. The fraction of sp³-hybridized carbons (Fsp3) is 0.143. The van der Waals surface area contributed by atoms with Crippen LogP contribution in [0.3, 0.4) is 0 Å². The molecule has 13 heteroatoms. The van der Waals surface area contributed by atoms with Crippen molar-refractivity contribution in [3.05, 3.63) is 67.8 Å². The fourth-order valence-electron chi connectivity index (χ4n) is 1.96. The van der Waals surface area contributed by atoms with E-state index in [4.69, 9.17) is 4.74 Å². The van der Waals surface area contributed by atoms with Crippen molar-refractivity contribution in [1.29, 1.82) is 0 Å². The number of nitro groups is 2. The normalized spacial score (nSPS) is 11.9. The number of nitrogens with zero attached hydrogens (tertiary/aromatic N) is 2. The van der Waals surface area contributed by atoms with E-state index in [1.54, 1.807) is 0 Å². The Morgan fingerprint density at radius 2 is 1.04 bits per heavy atom. The van der Waals surface area contributed by atoms with Crippen LogP contribution in [-0.2, 0) is 12.4 Å². The molecule has 0 amide bonds. The summed E-state index contributed by atoms with van der Waals surface area (Å²) in [6.45, 7) is 0. The molecular formula is C14H6F6N2O5. The molecule has 7 nitrogen and oxygen atoms in total. The topological polar surface area (TPSA) is 95.5 Å². The van der Waals surface area contributed by atoms with Gasteiger partial charge in [-0.1, -0.05) is 0 Å². The SMILES string of the molecule is O=[N+]([O-])c1cc(C(F)(F)F)ccc1Oc1ccc(C(F)(F)F)cc1[N+](=O)[O-]. The van der Waals surface area contributed by atoms with Gasteiger partial charge in [-0.05, 0) is 24.3 Å². The average Bonchev–Trinajstić information content (AvgIpc) is 2.53. The summed E-state index contributed by atoms with van der Waals surface area (Å²) < 4.78 is 80.8. The van der Waals surface area contributed by atoms with E-state index in [-0.39, 0.29) is 12.1 Å². The molecular weight excluding hydrogens is 390 g/mol. The van der Waals surface area contributed by atoms with Crippen LogP contribution in [0.4, 0.5) is 37.7 Å². The molecule has 0 saturated carbocycles. The summed E-state index contributed by atoms with van der Waals surface area (Å²) in [6.07, 6.45) is -9.80. The van der Waals surface area contributed by atoms with E-state index in [0.29, 0.717) is 24.3 Å². The van der Waals surface area contributed by atoms with Crippen molar-refractivity contribution >= 4 is 11.4 Å². The predicted molar refractivity (Wildman–Crippen MR) is 76.3 cm³/mol. The van der Waals surface area contributed by atoms with Crippen molar-refractivity contribution in [1.82, 2.24) is 0 Å². The molecule has 0 aliphatic carbocycles. The lowest BCUT2D eigenvalue weighted by Crippen LogP contribution is -2.07. The molecule has 144 valence electrons. The highest BCUT2D eigenvalue weighted by Crippen LogP contribution is 2.41. The van der Waals surface area contributed by atoms with Crippen molar-refractivity contribution < 1.29 is 40.9 Å². The predicted octanol–water partition coefficient (Wildman–Crippen LogP) is 5.33. The van der Waals surface area contributed by atoms with Crippen molar-refractivity contribution in [3.8, 4) is 11.5 Å². The first-order chi connectivity index (χ1) is 12.3. The number of alkyl halides is 6. The molecule has 0 N–H and O–H groups in total. The Balaban J connectivity index is 2.53.